The molecule has 2 N–H and O–H groups in total. The number of rotatable bonds is 8. The molecule has 0 spiro atoms. The summed E-state index contributed by atoms with van der Waals surface area (Å²) in [6, 6.07) is 13.4. The molecular formula is C19H22ClNO2. The number of benzene rings is 2. The summed E-state index contributed by atoms with van der Waals surface area (Å²) in [5.41, 5.74) is 3.07. The summed E-state index contributed by atoms with van der Waals surface area (Å²) in [5, 5.41) is 14.0. The van der Waals surface area contributed by atoms with Gasteiger partial charge in [0.1, 0.15) is 18.5 Å². The van der Waals surface area contributed by atoms with Crippen molar-refractivity contribution in [1.29, 1.82) is 0 Å². The zero-order valence-electron chi connectivity index (χ0n) is 13.3. The SMILES string of the molecule is C=CCc1ccccc1OCC(O)CNc1ccc(Cl)cc1C. The van der Waals surface area contributed by atoms with Gasteiger partial charge in [-0.1, -0.05) is 35.9 Å². The van der Waals surface area contributed by atoms with Gasteiger partial charge < -0.3 is 15.2 Å². The molecule has 0 aliphatic carbocycles. The van der Waals surface area contributed by atoms with Gasteiger partial charge in [0.25, 0.3) is 0 Å². The third-order valence-corrected chi connectivity index (χ3v) is 3.72. The summed E-state index contributed by atoms with van der Waals surface area (Å²) in [4.78, 5) is 0. The molecule has 0 aliphatic heterocycles. The van der Waals surface area contributed by atoms with E-state index in [1.54, 1.807) is 0 Å². The molecule has 0 saturated heterocycles. The van der Waals surface area contributed by atoms with E-state index in [0.717, 1.165) is 29.0 Å². The maximum atomic E-state index is 10.1. The van der Waals surface area contributed by atoms with E-state index in [2.05, 4.69) is 11.9 Å². The molecule has 23 heavy (non-hydrogen) atoms. The molecule has 0 saturated carbocycles. The first-order valence-corrected chi connectivity index (χ1v) is 7.97. The lowest BCUT2D eigenvalue weighted by atomic mass is 10.1. The highest BCUT2D eigenvalue weighted by Gasteiger charge is 2.08. The fourth-order valence-corrected chi connectivity index (χ4v) is 2.49. The van der Waals surface area contributed by atoms with Crippen LogP contribution in [-0.4, -0.2) is 24.4 Å². The Labute approximate surface area is 142 Å². The summed E-state index contributed by atoms with van der Waals surface area (Å²) in [7, 11) is 0. The molecule has 3 nitrogen and oxygen atoms in total. The Kier molecular flexibility index (Phi) is 6.51. The monoisotopic (exact) mass is 331 g/mol. The van der Waals surface area contributed by atoms with Crippen LogP contribution in [-0.2, 0) is 6.42 Å². The molecule has 1 unspecified atom stereocenters. The molecular weight excluding hydrogens is 310 g/mol. The summed E-state index contributed by atoms with van der Waals surface area (Å²) in [6.45, 7) is 6.36. The van der Waals surface area contributed by atoms with Crippen molar-refractivity contribution >= 4 is 17.3 Å². The zero-order chi connectivity index (χ0) is 16.7. The minimum Gasteiger partial charge on any atom is -0.491 e. The molecule has 0 aromatic heterocycles. The molecule has 0 amide bonds. The van der Waals surface area contributed by atoms with Crippen molar-refractivity contribution in [3.05, 3.63) is 71.3 Å². The molecule has 0 radical (unpaired) electrons. The Balaban J connectivity index is 1.85. The minimum absolute atomic E-state index is 0.230. The molecule has 4 heteroatoms. The second-order valence-electron chi connectivity index (χ2n) is 5.41. The van der Waals surface area contributed by atoms with Crippen molar-refractivity contribution in [3.63, 3.8) is 0 Å². The van der Waals surface area contributed by atoms with Gasteiger partial charge in [-0.15, -0.1) is 6.58 Å². The fourth-order valence-electron chi connectivity index (χ4n) is 2.27. The van der Waals surface area contributed by atoms with Crippen molar-refractivity contribution in [2.75, 3.05) is 18.5 Å². The number of halogens is 1. The van der Waals surface area contributed by atoms with Gasteiger partial charge in [0.05, 0.1) is 0 Å². The highest BCUT2D eigenvalue weighted by molar-refractivity contribution is 6.30. The number of ether oxygens (including phenoxy) is 1. The van der Waals surface area contributed by atoms with E-state index < -0.39 is 6.10 Å². The molecule has 2 rings (SSSR count). The largest absolute Gasteiger partial charge is 0.491 e. The summed E-state index contributed by atoms with van der Waals surface area (Å²) in [5.74, 6) is 0.786. The van der Waals surface area contributed by atoms with Crippen LogP contribution in [0.5, 0.6) is 5.75 Å². The number of anilines is 1. The van der Waals surface area contributed by atoms with E-state index in [-0.39, 0.29) is 6.61 Å². The number of hydrogen-bond donors (Lipinski definition) is 2. The molecule has 2 aromatic carbocycles. The van der Waals surface area contributed by atoms with E-state index in [0.29, 0.717) is 11.6 Å². The second-order valence-corrected chi connectivity index (χ2v) is 5.84. The quantitative estimate of drug-likeness (QED) is 0.711. The molecule has 0 heterocycles. The van der Waals surface area contributed by atoms with Gasteiger partial charge in [0.2, 0.25) is 0 Å². The average molecular weight is 332 g/mol. The molecule has 2 aromatic rings. The normalized spacial score (nSPS) is 11.8. The average Bonchev–Trinajstić information content (AvgIpc) is 2.53. The van der Waals surface area contributed by atoms with E-state index in [1.165, 1.54) is 0 Å². The van der Waals surface area contributed by atoms with Gasteiger partial charge in [-0.05, 0) is 48.7 Å². The Morgan fingerprint density at radius 2 is 2.09 bits per heavy atom. The molecule has 0 bridgehead atoms. The highest BCUT2D eigenvalue weighted by Crippen LogP contribution is 2.20. The predicted octanol–water partition coefficient (Wildman–Crippen LogP) is 4.23. The van der Waals surface area contributed by atoms with Crippen LogP contribution in [0.15, 0.2) is 55.1 Å². The third kappa shape index (κ3) is 5.31. The summed E-state index contributed by atoms with van der Waals surface area (Å²) in [6.07, 6.45) is 1.97. The van der Waals surface area contributed by atoms with E-state index >= 15 is 0 Å². The molecule has 1 atom stereocenters. The van der Waals surface area contributed by atoms with Crippen LogP contribution >= 0.6 is 11.6 Å². The van der Waals surface area contributed by atoms with E-state index in [4.69, 9.17) is 16.3 Å². The van der Waals surface area contributed by atoms with Gasteiger partial charge >= 0.3 is 0 Å². The Bertz CT molecular complexity index is 658. The molecule has 0 fully saturated rings. The first-order chi connectivity index (χ1) is 11.1. The van der Waals surface area contributed by atoms with Gasteiger partial charge in [-0.3, -0.25) is 0 Å². The Morgan fingerprint density at radius 1 is 1.30 bits per heavy atom. The summed E-state index contributed by atoms with van der Waals surface area (Å²) >= 11 is 5.93. The van der Waals surface area contributed by atoms with Crippen LogP contribution < -0.4 is 10.1 Å². The molecule has 122 valence electrons. The number of nitrogens with one attached hydrogen (secondary N) is 1. The van der Waals surface area contributed by atoms with Crippen LogP contribution in [0.1, 0.15) is 11.1 Å². The first kappa shape index (κ1) is 17.4. The Hall–Kier alpha value is -1.97. The van der Waals surface area contributed by atoms with Gasteiger partial charge in [-0.2, -0.15) is 0 Å². The lowest BCUT2D eigenvalue weighted by Gasteiger charge is -2.16. The van der Waals surface area contributed by atoms with Gasteiger partial charge in [-0.25, -0.2) is 0 Å². The van der Waals surface area contributed by atoms with Crippen molar-refractivity contribution in [2.45, 2.75) is 19.4 Å². The third-order valence-electron chi connectivity index (χ3n) is 3.48. The number of allylic oxidation sites excluding steroid dienone is 1. The molecule has 0 aliphatic rings. The lowest BCUT2D eigenvalue weighted by Crippen LogP contribution is -2.26. The smallest absolute Gasteiger partial charge is 0.122 e. The zero-order valence-corrected chi connectivity index (χ0v) is 14.0. The number of aliphatic hydroxyl groups excluding tert-OH is 1. The van der Waals surface area contributed by atoms with Crippen LogP contribution in [0.3, 0.4) is 0 Å². The van der Waals surface area contributed by atoms with Crippen LogP contribution in [0.2, 0.25) is 5.02 Å². The van der Waals surface area contributed by atoms with Gasteiger partial charge in [0, 0.05) is 17.3 Å². The Morgan fingerprint density at radius 3 is 2.83 bits per heavy atom. The summed E-state index contributed by atoms with van der Waals surface area (Å²) < 4.78 is 5.73. The number of aliphatic hydroxyl groups is 1. The van der Waals surface area contributed by atoms with Crippen molar-refractivity contribution < 1.29 is 9.84 Å². The fraction of sp³-hybridized carbons (Fsp3) is 0.263. The highest BCUT2D eigenvalue weighted by atomic mass is 35.5. The predicted molar refractivity (Wildman–Crippen MR) is 96.5 cm³/mol. The van der Waals surface area contributed by atoms with Crippen molar-refractivity contribution in [2.24, 2.45) is 0 Å². The van der Waals surface area contributed by atoms with Gasteiger partial charge in [0.15, 0.2) is 0 Å². The number of hydrogen-bond acceptors (Lipinski definition) is 3. The topological polar surface area (TPSA) is 41.5 Å². The van der Waals surface area contributed by atoms with Crippen molar-refractivity contribution in [3.8, 4) is 5.75 Å². The van der Waals surface area contributed by atoms with Crippen LogP contribution in [0, 0.1) is 6.92 Å². The van der Waals surface area contributed by atoms with Crippen LogP contribution in [0.25, 0.3) is 0 Å². The first-order valence-electron chi connectivity index (χ1n) is 7.60. The number of aryl methyl sites for hydroxylation is 1. The minimum atomic E-state index is -0.609. The maximum absolute atomic E-state index is 10.1. The van der Waals surface area contributed by atoms with E-state index in [1.807, 2.05) is 55.5 Å². The number of para-hydroxylation sites is 1. The lowest BCUT2D eigenvalue weighted by molar-refractivity contribution is 0.117. The maximum Gasteiger partial charge on any atom is 0.122 e. The second kappa shape index (κ2) is 8.61. The van der Waals surface area contributed by atoms with Crippen LogP contribution in [0.4, 0.5) is 5.69 Å². The standard InChI is InChI=1S/C19H22ClNO2/c1-3-6-15-7-4-5-8-19(15)23-13-17(22)12-21-18-10-9-16(20)11-14(18)2/h3-5,7-11,17,21-22H,1,6,12-13H2,2H3. The van der Waals surface area contributed by atoms with E-state index in [9.17, 15) is 5.11 Å². The van der Waals surface area contributed by atoms with Crippen molar-refractivity contribution in [1.82, 2.24) is 0 Å².